The molecule has 27 heavy (non-hydrogen) atoms. The number of hydrogen-bond acceptors (Lipinski definition) is 7. The number of esters is 1. The van der Waals surface area contributed by atoms with Crippen LogP contribution in [-0.2, 0) is 29.1 Å². The van der Waals surface area contributed by atoms with Gasteiger partial charge in [-0.3, -0.25) is 14.9 Å². The molecule has 0 atom stereocenters. The molecule has 1 rings (SSSR count). The molecule has 0 radical (unpaired) electrons. The van der Waals surface area contributed by atoms with Crippen LogP contribution in [0.2, 0.25) is 0 Å². The lowest BCUT2D eigenvalue weighted by Gasteiger charge is -2.08. The van der Waals surface area contributed by atoms with E-state index >= 15 is 0 Å². The number of sulfonamides is 1. The van der Waals surface area contributed by atoms with Gasteiger partial charge in [0.05, 0.1) is 6.61 Å². The number of imide groups is 1. The highest BCUT2D eigenvalue weighted by Gasteiger charge is 2.19. The van der Waals surface area contributed by atoms with E-state index < -0.39 is 51.1 Å². The smallest absolute Gasteiger partial charge is 0.413 e. The SMILES string of the molecule is CCOC(=O)NC(=O)COC(=O)CCCNS(=O)(=O)c1ccc(F)cc1F. The molecule has 0 aliphatic heterocycles. The molecule has 9 nitrogen and oxygen atoms in total. The first-order valence-electron chi connectivity index (χ1n) is 7.72. The Balaban J connectivity index is 2.33. The molecule has 0 saturated heterocycles. The van der Waals surface area contributed by atoms with Crippen molar-refractivity contribution in [1.29, 1.82) is 0 Å². The number of alkyl carbamates (subject to hydrolysis) is 1. The van der Waals surface area contributed by atoms with Gasteiger partial charge in [0.2, 0.25) is 10.0 Å². The lowest BCUT2D eigenvalue weighted by Crippen LogP contribution is -2.34. The summed E-state index contributed by atoms with van der Waals surface area (Å²) in [5.74, 6) is -3.84. The summed E-state index contributed by atoms with van der Waals surface area (Å²) in [5.41, 5.74) is 0. The molecule has 0 unspecified atom stereocenters. The average molecular weight is 408 g/mol. The Labute approximate surface area is 154 Å². The Bertz CT molecular complexity index is 799. The molecule has 150 valence electrons. The van der Waals surface area contributed by atoms with Gasteiger partial charge in [0.25, 0.3) is 5.91 Å². The molecule has 2 amide bonds. The number of rotatable bonds is 9. The van der Waals surface area contributed by atoms with Gasteiger partial charge in [-0.05, 0) is 25.5 Å². The fourth-order valence-corrected chi connectivity index (χ4v) is 2.88. The van der Waals surface area contributed by atoms with Gasteiger partial charge < -0.3 is 9.47 Å². The molecule has 0 aliphatic carbocycles. The lowest BCUT2D eigenvalue weighted by molar-refractivity contribution is -0.148. The van der Waals surface area contributed by atoms with Crippen LogP contribution in [0.4, 0.5) is 13.6 Å². The minimum absolute atomic E-state index is 0.000370. The Hall–Kier alpha value is -2.60. The highest BCUT2D eigenvalue weighted by Crippen LogP contribution is 2.15. The van der Waals surface area contributed by atoms with Gasteiger partial charge in [-0.25, -0.2) is 26.7 Å². The molecule has 12 heteroatoms. The van der Waals surface area contributed by atoms with Crippen LogP contribution in [0, 0.1) is 11.6 Å². The maximum atomic E-state index is 13.5. The number of carbonyl (C=O) groups is 3. The molecule has 0 fully saturated rings. The van der Waals surface area contributed by atoms with E-state index in [4.69, 9.17) is 0 Å². The Morgan fingerprint density at radius 2 is 1.85 bits per heavy atom. The molecule has 0 heterocycles. The number of halogens is 2. The van der Waals surface area contributed by atoms with Crippen molar-refractivity contribution in [2.24, 2.45) is 0 Å². The van der Waals surface area contributed by atoms with E-state index in [1.54, 1.807) is 6.92 Å². The summed E-state index contributed by atoms with van der Waals surface area (Å²) in [4.78, 5) is 32.9. The van der Waals surface area contributed by atoms with Crippen LogP contribution in [0.5, 0.6) is 0 Å². The lowest BCUT2D eigenvalue weighted by atomic mass is 10.3. The number of hydrogen-bond donors (Lipinski definition) is 2. The summed E-state index contributed by atoms with van der Waals surface area (Å²) in [6.07, 6.45) is -1.21. The summed E-state index contributed by atoms with van der Waals surface area (Å²) < 4.78 is 61.2. The number of ether oxygens (including phenoxy) is 2. The average Bonchev–Trinajstić information content (AvgIpc) is 2.56. The van der Waals surface area contributed by atoms with Crippen LogP contribution in [0.1, 0.15) is 19.8 Å². The highest BCUT2D eigenvalue weighted by molar-refractivity contribution is 7.89. The van der Waals surface area contributed by atoms with Crippen LogP contribution in [0.25, 0.3) is 0 Å². The molecule has 1 aromatic carbocycles. The second-order valence-electron chi connectivity index (χ2n) is 5.01. The third-order valence-electron chi connectivity index (χ3n) is 2.91. The van der Waals surface area contributed by atoms with Crippen molar-refractivity contribution in [3.05, 3.63) is 29.8 Å². The van der Waals surface area contributed by atoms with Crippen molar-refractivity contribution in [1.82, 2.24) is 10.0 Å². The largest absolute Gasteiger partial charge is 0.456 e. The maximum Gasteiger partial charge on any atom is 0.413 e. The summed E-state index contributed by atoms with van der Waals surface area (Å²) in [7, 11) is -4.21. The van der Waals surface area contributed by atoms with Crippen LogP contribution >= 0.6 is 0 Å². The first-order valence-corrected chi connectivity index (χ1v) is 9.21. The van der Waals surface area contributed by atoms with E-state index in [-0.39, 0.29) is 26.0 Å². The van der Waals surface area contributed by atoms with Gasteiger partial charge in [-0.1, -0.05) is 0 Å². The fourth-order valence-electron chi connectivity index (χ4n) is 1.75. The Morgan fingerprint density at radius 3 is 2.48 bits per heavy atom. The van der Waals surface area contributed by atoms with Crippen molar-refractivity contribution < 1.29 is 41.1 Å². The number of nitrogens with one attached hydrogen (secondary N) is 2. The normalized spacial score (nSPS) is 10.9. The predicted octanol–water partition coefficient (Wildman–Crippen LogP) is 0.839. The monoisotopic (exact) mass is 408 g/mol. The van der Waals surface area contributed by atoms with Crippen molar-refractivity contribution >= 4 is 28.0 Å². The minimum Gasteiger partial charge on any atom is -0.456 e. The second-order valence-corrected chi connectivity index (χ2v) is 6.74. The molecule has 0 aromatic heterocycles. The molecular weight excluding hydrogens is 390 g/mol. The Kier molecular flexibility index (Phi) is 8.75. The van der Waals surface area contributed by atoms with E-state index in [0.29, 0.717) is 6.07 Å². The second kappa shape index (κ2) is 10.5. The van der Waals surface area contributed by atoms with E-state index in [1.165, 1.54) is 0 Å². The molecule has 0 aliphatic rings. The first-order chi connectivity index (χ1) is 12.7. The van der Waals surface area contributed by atoms with Crippen molar-refractivity contribution in [2.45, 2.75) is 24.7 Å². The van der Waals surface area contributed by atoms with E-state index in [0.717, 1.165) is 12.1 Å². The molecule has 0 saturated carbocycles. The van der Waals surface area contributed by atoms with Gasteiger partial charge in [-0.2, -0.15) is 0 Å². The molecule has 2 N–H and O–H groups in total. The number of amides is 2. The molecule has 0 bridgehead atoms. The first kappa shape index (κ1) is 22.4. The summed E-state index contributed by atoms with van der Waals surface area (Å²) in [6, 6.07) is 2.02. The summed E-state index contributed by atoms with van der Waals surface area (Å²) in [6.45, 7) is 0.687. The van der Waals surface area contributed by atoms with Gasteiger partial charge in [0.1, 0.15) is 16.5 Å². The van der Waals surface area contributed by atoms with Gasteiger partial charge in [0, 0.05) is 19.0 Å². The van der Waals surface area contributed by atoms with Crippen LogP contribution in [0.3, 0.4) is 0 Å². The maximum absolute atomic E-state index is 13.5. The van der Waals surface area contributed by atoms with Crippen LogP contribution < -0.4 is 10.0 Å². The quantitative estimate of drug-likeness (QED) is 0.458. The van der Waals surface area contributed by atoms with E-state index in [9.17, 15) is 31.6 Å². The van der Waals surface area contributed by atoms with Crippen molar-refractivity contribution in [3.8, 4) is 0 Å². The highest BCUT2D eigenvalue weighted by atomic mass is 32.2. The van der Waals surface area contributed by atoms with Gasteiger partial charge >= 0.3 is 12.1 Å². The van der Waals surface area contributed by atoms with Crippen LogP contribution in [-0.4, -0.2) is 46.1 Å². The third-order valence-corrected chi connectivity index (χ3v) is 4.41. The van der Waals surface area contributed by atoms with Gasteiger partial charge in [0.15, 0.2) is 6.61 Å². The zero-order valence-electron chi connectivity index (χ0n) is 14.3. The molecular formula is C15H18F2N2O7S. The Morgan fingerprint density at radius 1 is 1.15 bits per heavy atom. The standard InChI is InChI=1S/C15H18F2N2O7S/c1-2-25-15(22)19-13(20)9-26-14(21)4-3-7-18-27(23,24)12-6-5-10(16)8-11(12)17/h5-6,8,18H,2-4,7,9H2,1H3,(H,19,20,22). The molecule has 0 spiro atoms. The molecule has 1 aromatic rings. The number of benzene rings is 1. The summed E-state index contributed by atoms with van der Waals surface area (Å²) in [5, 5.41) is 1.82. The van der Waals surface area contributed by atoms with Gasteiger partial charge in [-0.15, -0.1) is 0 Å². The zero-order valence-corrected chi connectivity index (χ0v) is 15.1. The summed E-state index contributed by atoms with van der Waals surface area (Å²) >= 11 is 0. The topological polar surface area (TPSA) is 128 Å². The zero-order chi connectivity index (χ0) is 20.4. The minimum atomic E-state index is -4.21. The van der Waals surface area contributed by atoms with E-state index in [2.05, 4.69) is 14.2 Å². The predicted molar refractivity (Wildman–Crippen MR) is 86.9 cm³/mol. The fraction of sp³-hybridized carbons (Fsp3) is 0.400. The third kappa shape index (κ3) is 8.09. The van der Waals surface area contributed by atoms with Crippen molar-refractivity contribution in [3.63, 3.8) is 0 Å². The van der Waals surface area contributed by atoms with E-state index in [1.807, 2.05) is 5.32 Å². The van der Waals surface area contributed by atoms with Crippen molar-refractivity contribution in [2.75, 3.05) is 19.8 Å². The van der Waals surface area contributed by atoms with Crippen LogP contribution in [0.15, 0.2) is 23.1 Å². The number of carbonyl (C=O) groups excluding carboxylic acids is 3.